The lowest BCUT2D eigenvalue weighted by Crippen LogP contribution is -2.36. The van der Waals surface area contributed by atoms with Gasteiger partial charge in [0.15, 0.2) is 0 Å². The van der Waals surface area contributed by atoms with E-state index in [2.05, 4.69) is 16.0 Å². The fourth-order valence-corrected chi connectivity index (χ4v) is 1.53. The minimum absolute atomic E-state index is 0.0265. The van der Waals surface area contributed by atoms with Crippen LogP contribution in [0.5, 0.6) is 0 Å². The number of nitrogens with one attached hydrogen (secondary N) is 1. The van der Waals surface area contributed by atoms with Crippen molar-refractivity contribution >= 4 is 11.9 Å². The standard InChI is InChI=1S/C16H19NO3/c1-6-12-7-13(9-14(8-12)16(19)20-5)15(18)17-11(4)10(2)3/h1,7-11H,2-5H3,(H,17,18)/t11-/m0/s1. The molecule has 1 amide bonds. The molecule has 0 bridgehead atoms. The first kappa shape index (κ1) is 15.8. The van der Waals surface area contributed by atoms with Crippen LogP contribution in [0.25, 0.3) is 0 Å². The number of rotatable bonds is 4. The van der Waals surface area contributed by atoms with Crippen molar-refractivity contribution in [2.75, 3.05) is 7.11 Å². The number of benzene rings is 1. The summed E-state index contributed by atoms with van der Waals surface area (Å²) in [6, 6.07) is 4.61. The summed E-state index contributed by atoms with van der Waals surface area (Å²) in [4.78, 5) is 23.7. The Morgan fingerprint density at radius 3 is 2.30 bits per heavy atom. The molecule has 0 fully saturated rings. The van der Waals surface area contributed by atoms with Crippen molar-refractivity contribution < 1.29 is 14.3 Å². The van der Waals surface area contributed by atoms with E-state index in [4.69, 9.17) is 6.42 Å². The lowest BCUT2D eigenvalue weighted by Gasteiger charge is -2.17. The second kappa shape index (κ2) is 6.76. The highest BCUT2D eigenvalue weighted by Crippen LogP contribution is 2.12. The summed E-state index contributed by atoms with van der Waals surface area (Å²) in [5.74, 6) is 1.97. The summed E-state index contributed by atoms with van der Waals surface area (Å²) in [5, 5.41) is 2.87. The molecule has 4 heteroatoms. The van der Waals surface area contributed by atoms with Crippen molar-refractivity contribution in [1.82, 2.24) is 5.32 Å². The normalized spacial score (nSPS) is 11.6. The largest absolute Gasteiger partial charge is 0.465 e. The molecule has 0 heterocycles. The van der Waals surface area contributed by atoms with Crippen molar-refractivity contribution in [3.8, 4) is 12.3 Å². The number of methoxy groups -OCH3 is 1. The van der Waals surface area contributed by atoms with Gasteiger partial charge in [-0.15, -0.1) is 6.42 Å². The van der Waals surface area contributed by atoms with E-state index in [-0.39, 0.29) is 17.5 Å². The van der Waals surface area contributed by atoms with E-state index in [1.807, 2.05) is 20.8 Å². The third-order valence-electron chi connectivity index (χ3n) is 3.14. The van der Waals surface area contributed by atoms with Gasteiger partial charge in [0.2, 0.25) is 0 Å². The van der Waals surface area contributed by atoms with Crippen LogP contribution in [0.15, 0.2) is 18.2 Å². The molecule has 0 aromatic heterocycles. The quantitative estimate of drug-likeness (QED) is 0.676. The lowest BCUT2D eigenvalue weighted by atomic mass is 10.0. The van der Waals surface area contributed by atoms with Gasteiger partial charge >= 0.3 is 5.97 Å². The predicted molar refractivity (Wildman–Crippen MR) is 77.5 cm³/mol. The van der Waals surface area contributed by atoms with Crippen LogP contribution < -0.4 is 5.32 Å². The van der Waals surface area contributed by atoms with Crippen LogP contribution in [-0.4, -0.2) is 25.0 Å². The van der Waals surface area contributed by atoms with E-state index in [0.29, 0.717) is 17.0 Å². The summed E-state index contributed by atoms with van der Waals surface area (Å²) in [7, 11) is 1.28. The Bertz CT molecular complexity index is 555. The summed E-state index contributed by atoms with van der Waals surface area (Å²) < 4.78 is 4.65. The first-order valence-electron chi connectivity index (χ1n) is 6.40. The maximum Gasteiger partial charge on any atom is 0.337 e. The van der Waals surface area contributed by atoms with Gasteiger partial charge in [-0.25, -0.2) is 4.79 Å². The van der Waals surface area contributed by atoms with Gasteiger partial charge in [-0.05, 0) is 31.0 Å². The Morgan fingerprint density at radius 1 is 1.20 bits per heavy atom. The van der Waals surface area contributed by atoms with Crippen molar-refractivity contribution in [3.63, 3.8) is 0 Å². The molecule has 20 heavy (non-hydrogen) atoms. The fraction of sp³-hybridized carbons (Fsp3) is 0.375. The number of ether oxygens (including phenoxy) is 1. The van der Waals surface area contributed by atoms with E-state index in [9.17, 15) is 9.59 Å². The van der Waals surface area contributed by atoms with Crippen molar-refractivity contribution in [2.24, 2.45) is 5.92 Å². The molecule has 0 radical (unpaired) electrons. The van der Waals surface area contributed by atoms with Gasteiger partial charge in [-0.1, -0.05) is 19.8 Å². The summed E-state index contributed by atoms with van der Waals surface area (Å²) in [5.41, 5.74) is 1.09. The maximum absolute atomic E-state index is 12.2. The van der Waals surface area contributed by atoms with Gasteiger partial charge in [0, 0.05) is 17.2 Å². The van der Waals surface area contributed by atoms with Crippen molar-refractivity contribution in [3.05, 3.63) is 34.9 Å². The SMILES string of the molecule is C#Cc1cc(C(=O)N[C@@H](C)C(C)C)cc(C(=O)OC)c1. The zero-order valence-electron chi connectivity index (χ0n) is 12.2. The average Bonchev–Trinajstić information content (AvgIpc) is 2.45. The molecule has 4 nitrogen and oxygen atoms in total. The van der Waals surface area contributed by atoms with Crippen molar-refractivity contribution in [1.29, 1.82) is 0 Å². The van der Waals surface area contributed by atoms with Gasteiger partial charge in [0.1, 0.15) is 0 Å². The molecule has 1 atom stereocenters. The number of terminal acetylenes is 1. The minimum Gasteiger partial charge on any atom is -0.465 e. The third-order valence-corrected chi connectivity index (χ3v) is 3.14. The maximum atomic E-state index is 12.2. The van der Waals surface area contributed by atoms with Gasteiger partial charge in [-0.3, -0.25) is 4.79 Å². The molecule has 0 aliphatic rings. The Labute approximate surface area is 119 Å². The molecular formula is C16H19NO3. The Hall–Kier alpha value is -2.28. The van der Waals surface area contributed by atoms with Gasteiger partial charge in [-0.2, -0.15) is 0 Å². The molecule has 0 unspecified atom stereocenters. The van der Waals surface area contributed by atoms with Crippen LogP contribution in [0, 0.1) is 18.3 Å². The Balaban J connectivity index is 3.09. The van der Waals surface area contributed by atoms with Crippen LogP contribution in [0.2, 0.25) is 0 Å². The number of carbonyl (C=O) groups excluding carboxylic acids is 2. The highest BCUT2D eigenvalue weighted by Gasteiger charge is 2.15. The van der Waals surface area contributed by atoms with Crippen LogP contribution in [0.4, 0.5) is 0 Å². The Kier molecular flexibility index (Phi) is 5.33. The van der Waals surface area contributed by atoms with Crippen LogP contribution in [0.3, 0.4) is 0 Å². The Morgan fingerprint density at radius 2 is 1.80 bits per heavy atom. The highest BCUT2D eigenvalue weighted by molar-refractivity contribution is 5.98. The summed E-state index contributed by atoms with van der Waals surface area (Å²) in [6.07, 6.45) is 5.35. The number of esters is 1. The molecule has 0 aliphatic heterocycles. The molecule has 1 aromatic carbocycles. The molecule has 1 rings (SSSR count). The van der Waals surface area contributed by atoms with Crippen LogP contribution in [0.1, 0.15) is 47.1 Å². The highest BCUT2D eigenvalue weighted by atomic mass is 16.5. The minimum atomic E-state index is -0.520. The molecular weight excluding hydrogens is 254 g/mol. The molecule has 1 aromatic rings. The van der Waals surface area contributed by atoms with Gasteiger partial charge in [0.25, 0.3) is 5.91 Å². The third kappa shape index (κ3) is 3.86. The first-order valence-corrected chi connectivity index (χ1v) is 6.40. The zero-order chi connectivity index (χ0) is 15.3. The van der Waals surface area contributed by atoms with Crippen LogP contribution in [-0.2, 0) is 4.74 Å². The monoisotopic (exact) mass is 273 g/mol. The van der Waals surface area contributed by atoms with E-state index < -0.39 is 5.97 Å². The molecule has 0 aliphatic carbocycles. The topological polar surface area (TPSA) is 55.4 Å². The van der Waals surface area contributed by atoms with Crippen molar-refractivity contribution in [2.45, 2.75) is 26.8 Å². The van der Waals surface area contributed by atoms with E-state index in [1.165, 1.54) is 19.2 Å². The summed E-state index contributed by atoms with van der Waals surface area (Å²) in [6.45, 7) is 5.96. The lowest BCUT2D eigenvalue weighted by molar-refractivity contribution is 0.0600. The number of carbonyl (C=O) groups is 2. The molecule has 0 spiro atoms. The average molecular weight is 273 g/mol. The molecule has 0 saturated heterocycles. The number of hydrogen-bond donors (Lipinski definition) is 1. The summed E-state index contributed by atoms with van der Waals surface area (Å²) >= 11 is 0. The smallest absolute Gasteiger partial charge is 0.337 e. The fourth-order valence-electron chi connectivity index (χ4n) is 1.53. The van der Waals surface area contributed by atoms with E-state index in [0.717, 1.165) is 0 Å². The van der Waals surface area contributed by atoms with Gasteiger partial charge in [0.05, 0.1) is 12.7 Å². The predicted octanol–water partition coefficient (Wildman–Crippen LogP) is 2.23. The molecule has 106 valence electrons. The van der Waals surface area contributed by atoms with Gasteiger partial charge < -0.3 is 10.1 Å². The second-order valence-electron chi connectivity index (χ2n) is 4.94. The number of hydrogen-bond acceptors (Lipinski definition) is 3. The molecule has 1 N–H and O–H groups in total. The first-order chi connectivity index (χ1) is 9.38. The zero-order valence-corrected chi connectivity index (χ0v) is 12.2. The van der Waals surface area contributed by atoms with E-state index >= 15 is 0 Å². The number of amides is 1. The van der Waals surface area contributed by atoms with Crippen LogP contribution >= 0.6 is 0 Å². The van der Waals surface area contributed by atoms with E-state index in [1.54, 1.807) is 6.07 Å². The molecule has 0 saturated carbocycles. The second-order valence-corrected chi connectivity index (χ2v) is 4.94.